The van der Waals surface area contributed by atoms with E-state index < -0.39 is 5.54 Å². The van der Waals surface area contributed by atoms with Gasteiger partial charge in [-0.25, -0.2) is 9.67 Å². The summed E-state index contributed by atoms with van der Waals surface area (Å²) >= 11 is 12.9. The largest absolute Gasteiger partial charge is 0.291 e. The number of allylic oxidation sites excluding steroid dienone is 6. The number of ketones is 1. The number of hydrogen-bond acceptors (Lipinski definition) is 3. The van der Waals surface area contributed by atoms with Crippen LogP contribution in [-0.2, 0) is 5.54 Å². The number of rotatable bonds is 4. The van der Waals surface area contributed by atoms with E-state index in [2.05, 4.69) is 10.1 Å². The molecule has 2 aliphatic rings. The zero-order chi connectivity index (χ0) is 19.3. The standard InChI is InChI=1S/C22H13Cl2N3O/c23-17-12-11-16-19(24)18(17)22(16,20(28)14-7-3-1-4-8-14)27-13-25-21(26-27)15-9-5-2-6-10-15/h1-13H. The third kappa shape index (κ3) is 2.22. The Balaban J connectivity index is 1.70. The van der Waals surface area contributed by atoms with Crippen LogP contribution in [0.15, 0.2) is 100 Å². The number of carbonyl (C=O) groups is 1. The summed E-state index contributed by atoms with van der Waals surface area (Å²) in [7, 11) is 0. The Morgan fingerprint density at radius 3 is 2.25 bits per heavy atom. The summed E-state index contributed by atoms with van der Waals surface area (Å²) in [6, 6.07) is 18.7. The first-order valence-electron chi connectivity index (χ1n) is 8.70. The van der Waals surface area contributed by atoms with Crippen molar-refractivity contribution in [3.8, 4) is 11.4 Å². The van der Waals surface area contributed by atoms with Crippen LogP contribution in [0, 0.1) is 0 Å². The normalized spacial score (nSPS) is 20.4. The predicted molar refractivity (Wildman–Crippen MR) is 109 cm³/mol. The Labute approximate surface area is 171 Å². The van der Waals surface area contributed by atoms with E-state index in [4.69, 9.17) is 23.2 Å². The fourth-order valence-electron chi connectivity index (χ4n) is 3.76. The maximum Gasteiger partial charge on any atom is 0.199 e. The molecule has 0 radical (unpaired) electrons. The summed E-state index contributed by atoms with van der Waals surface area (Å²) in [6.45, 7) is 0. The number of benzene rings is 2. The Morgan fingerprint density at radius 1 is 0.929 bits per heavy atom. The second-order valence-electron chi connectivity index (χ2n) is 6.57. The molecule has 4 nitrogen and oxygen atoms in total. The van der Waals surface area contributed by atoms with Gasteiger partial charge in [0.25, 0.3) is 0 Å². The maximum absolute atomic E-state index is 13.7. The van der Waals surface area contributed by atoms with Gasteiger partial charge in [-0.2, -0.15) is 0 Å². The number of fused-ring (bicyclic) bond motifs is 2. The van der Waals surface area contributed by atoms with E-state index in [1.54, 1.807) is 35.3 Å². The predicted octanol–water partition coefficient (Wildman–Crippen LogP) is 5.09. The molecule has 0 saturated carbocycles. The minimum absolute atomic E-state index is 0.144. The van der Waals surface area contributed by atoms with Crippen LogP contribution in [0.25, 0.3) is 11.4 Å². The van der Waals surface area contributed by atoms with Crippen molar-refractivity contribution in [1.82, 2.24) is 14.8 Å². The molecule has 136 valence electrons. The summed E-state index contributed by atoms with van der Waals surface area (Å²) in [5, 5.41) is 5.56. The Hall–Kier alpha value is -2.95. The molecule has 2 aromatic carbocycles. The van der Waals surface area contributed by atoms with E-state index in [9.17, 15) is 4.79 Å². The van der Waals surface area contributed by atoms with E-state index in [0.717, 1.165) is 5.56 Å². The average molecular weight is 406 g/mol. The molecule has 2 bridgehead atoms. The molecule has 0 spiro atoms. The molecule has 1 aromatic heterocycles. The fraction of sp³-hybridized carbons (Fsp3) is 0.0455. The minimum Gasteiger partial charge on any atom is -0.291 e. The summed E-state index contributed by atoms with van der Waals surface area (Å²) in [6.07, 6.45) is 5.10. The van der Waals surface area contributed by atoms with Crippen molar-refractivity contribution in [3.05, 3.63) is 106 Å². The summed E-state index contributed by atoms with van der Waals surface area (Å²) < 4.78 is 1.58. The lowest BCUT2D eigenvalue weighted by Gasteiger charge is -2.46. The third-order valence-corrected chi connectivity index (χ3v) is 5.78. The number of hydrogen-bond donors (Lipinski definition) is 0. The molecule has 0 N–H and O–H groups in total. The molecule has 1 heterocycles. The van der Waals surface area contributed by atoms with Crippen LogP contribution in [0.1, 0.15) is 10.4 Å². The molecule has 0 aliphatic heterocycles. The molecular formula is C22H13Cl2N3O. The molecule has 0 amide bonds. The molecule has 0 saturated heterocycles. The first kappa shape index (κ1) is 17.2. The lowest BCUT2D eigenvalue weighted by Crippen LogP contribution is -2.53. The van der Waals surface area contributed by atoms with Crippen molar-refractivity contribution in [3.63, 3.8) is 0 Å². The van der Waals surface area contributed by atoms with Crippen molar-refractivity contribution in [1.29, 1.82) is 0 Å². The lowest BCUT2D eigenvalue weighted by atomic mass is 9.65. The molecule has 1 unspecified atom stereocenters. The highest BCUT2D eigenvalue weighted by atomic mass is 35.5. The highest BCUT2D eigenvalue weighted by Crippen LogP contribution is 2.58. The molecule has 2 aliphatic carbocycles. The third-order valence-electron chi connectivity index (χ3n) is 5.07. The van der Waals surface area contributed by atoms with Gasteiger partial charge in [-0.1, -0.05) is 89.9 Å². The topological polar surface area (TPSA) is 47.8 Å². The van der Waals surface area contributed by atoms with Gasteiger partial charge < -0.3 is 0 Å². The van der Waals surface area contributed by atoms with Crippen LogP contribution >= 0.6 is 23.2 Å². The van der Waals surface area contributed by atoms with Crippen molar-refractivity contribution in [2.75, 3.05) is 0 Å². The zero-order valence-corrected chi connectivity index (χ0v) is 16.0. The number of Topliss-reactive ketones (excluding diaryl/α,β-unsaturated/α-hetero) is 1. The van der Waals surface area contributed by atoms with Gasteiger partial charge in [0.15, 0.2) is 17.1 Å². The molecule has 5 rings (SSSR count). The van der Waals surface area contributed by atoms with Crippen LogP contribution in [0.4, 0.5) is 0 Å². The average Bonchev–Trinajstić information content (AvgIpc) is 3.23. The molecule has 0 fully saturated rings. The van der Waals surface area contributed by atoms with Gasteiger partial charge in [0.05, 0.1) is 5.03 Å². The van der Waals surface area contributed by atoms with E-state index in [1.165, 1.54) is 0 Å². The number of carbonyl (C=O) groups excluding carboxylic acids is 1. The monoisotopic (exact) mass is 405 g/mol. The van der Waals surface area contributed by atoms with Gasteiger partial charge in [0.1, 0.15) is 6.33 Å². The Bertz CT molecular complexity index is 1190. The van der Waals surface area contributed by atoms with E-state index in [-0.39, 0.29) is 5.78 Å². The van der Waals surface area contributed by atoms with Gasteiger partial charge in [-0.3, -0.25) is 4.79 Å². The van der Waals surface area contributed by atoms with E-state index >= 15 is 0 Å². The second kappa shape index (κ2) is 6.30. The molecule has 1 atom stereocenters. The quantitative estimate of drug-likeness (QED) is 0.567. The maximum atomic E-state index is 13.7. The number of aromatic nitrogens is 3. The minimum atomic E-state index is -1.20. The number of nitrogens with zero attached hydrogens (tertiary/aromatic N) is 3. The van der Waals surface area contributed by atoms with Gasteiger partial charge >= 0.3 is 0 Å². The Morgan fingerprint density at radius 2 is 1.61 bits per heavy atom. The highest BCUT2D eigenvalue weighted by Gasteiger charge is 2.59. The second-order valence-corrected chi connectivity index (χ2v) is 7.35. The van der Waals surface area contributed by atoms with Gasteiger partial charge in [0, 0.05) is 27.3 Å². The van der Waals surface area contributed by atoms with Crippen LogP contribution in [0.3, 0.4) is 0 Å². The Kier molecular flexibility index (Phi) is 3.86. The fourth-order valence-corrected chi connectivity index (χ4v) is 4.54. The van der Waals surface area contributed by atoms with Crippen LogP contribution in [-0.4, -0.2) is 20.5 Å². The molecular weight excluding hydrogens is 393 g/mol. The molecule has 6 heteroatoms. The van der Waals surface area contributed by atoms with Crippen LogP contribution < -0.4 is 0 Å². The summed E-state index contributed by atoms with van der Waals surface area (Å²) in [4.78, 5) is 18.1. The van der Waals surface area contributed by atoms with E-state index in [0.29, 0.717) is 32.6 Å². The van der Waals surface area contributed by atoms with Crippen molar-refractivity contribution >= 4 is 29.0 Å². The summed E-state index contributed by atoms with van der Waals surface area (Å²) in [5.41, 5.74) is 1.45. The van der Waals surface area contributed by atoms with Gasteiger partial charge in [-0.15, -0.1) is 5.10 Å². The van der Waals surface area contributed by atoms with Gasteiger partial charge in [-0.05, 0) is 6.08 Å². The van der Waals surface area contributed by atoms with E-state index in [1.807, 2.05) is 48.5 Å². The first-order valence-corrected chi connectivity index (χ1v) is 9.46. The van der Waals surface area contributed by atoms with Crippen LogP contribution in [0.5, 0.6) is 0 Å². The molecule has 3 aromatic rings. The SMILES string of the molecule is O=C(c1ccccc1)C1(n2cnc(-c3ccccc3)n2)c2ccc(Cl)c1c2Cl. The first-order chi connectivity index (χ1) is 13.6. The van der Waals surface area contributed by atoms with Crippen molar-refractivity contribution in [2.24, 2.45) is 0 Å². The lowest BCUT2D eigenvalue weighted by molar-refractivity contribution is 0.0862. The van der Waals surface area contributed by atoms with Crippen molar-refractivity contribution in [2.45, 2.75) is 5.54 Å². The smallest absolute Gasteiger partial charge is 0.199 e. The highest BCUT2D eigenvalue weighted by molar-refractivity contribution is 6.41. The number of halogens is 2. The van der Waals surface area contributed by atoms with Crippen LogP contribution in [0.2, 0.25) is 0 Å². The summed E-state index contributed by atoms with van der Waals surface area (Å²) in [5.74, 6) is 0.387. The van der Waals surface area contributed by atoms with Crippen molar-refractivity contribution < 1.29 is 4.79 Å². The zero-order valence-electron chi connectivity index (χ0n) is 14.5. The van der Waals surface area contributed by atoms with Gasteiger partial charge in [0.2, 0.25) is 0 Å². The molecule has 28 heavy (non-hydrogen) atoms.